The van der Waals surface area contributed by atoms with E-state index >= 15 is 0 Å². The number of piperidine rings is 1. The molecule has 132 valence electrons. The molecule has 0 spiro atoms. The van der Waals surface area contributed by atoms with Crippen LogP contribution in [0.3, 0.4) is 0 Å². The van der Waals surface area contributed by atoms with Gasteiger partial charge in [-0.1, -0.05) is 19.3 Å². The van der Waals surface area contributed by atoms with Crippen LogP contribution >= 0.6 is 24.8 Å². The zero-order valence-corrected chi connectivity index (χ0v) is 15.2. The predicted octanol–water partition coefficient (Wildman–Crippen LogP) is 2.73. The lowest BCUT2D eigenvalue weighted by Gasteiger charge is -2.29. The maximum Gasteiger partial charge on any atom is 0.239 e. The first-order valence-corrected chi connectivity index (χ1v) is 8.52. The summed E-state index contributed by atoms with van der Waals surface area (Å²) in [5, 5.41) is 3.49. The Morgan fingerprint density at radius 3 is 2.27 bits per heavy atom. The molecule has 2 fully saturated rings. The number of carbonyl (C=O) groups is 1. The number of hydrogen-bond donors (Lipinski definition) is 2. The molecule has 1 saturated carbocycles. The van der Waals surface area contributed by atoms with Crippen LogP contribution in [0.5, 0.6) is 0 Å². The van der Waals surface area contributed by atoms with Crippen LogP contribution in [-0.2, 0) is 4.79 Å². The quantitative estimate of drug-likeness (QED) is 0.721. The molecule has 1 atom stereocenters. The highest BCUT2D eigenvalue weighted by Gasteiger charge is 2.22. The summed E-state index contributed by atoms with van der Waals surface area (Å²) in [5.74, 6) is 1.00. The van der Waals surface area contributed by atoms with Crippen LogP contribution in [0, 0.1) is 5.92 Å². The third-order valence-electron chi connectivity index (χ3n) is 4.77. The Morgan fingerprint density at radius 1 is 1.05 bits per heavy atom. The number of amides is 1. The zero-order valence-electron chi connectivity index (χ0n) is 13.6. The van der Waals surface area contributed by atoms with E-state index in [-0.39, 0.29) is 36.8 Å². The number of hydrogen-bond acceptors (Lipinski definition) is 3. The molecule has 0 radical (unpaired) electrons. The van der Waals surface area contributed by atoms with Gasteiger partial charge in [0.2, 0.25) is 5.91 Å². The van der Waals surface area contributed by atoms with Crippen molar-refractivity contribution in [2.75, 3.05) is 26.2 Å². The monoisotopic (exact) mass is 353 g/mol. The fraction of sp³-hybridized carbons (Fsp3) is 0.938. The van der Waals surface area contributed by atoms with Crippen LogP contribution < -0.4 is 11.1 Å². The van der Waals surface area contributed by atoms with E-state index in [1.807, 2.05) is 4.90 Å². The number of rotatable bonds is 6. The van der Waals surface area contributed by atoms with Crippen LogP contribution in [0.25, 0.3) is 0 Å². The highest BCUT2D eigenvalue weighted by Crippen LogP contribution is 2.22. The van der Waals surface area contributed by atoms with Gasteiger partial charge >= 0.3 is 0 Å². The average molecular weight is 354 g/mol. The second-order valence-electron chi connectivity index (χ2n) is 6.49. The average Bonchev–Trinajstić information content (AvgIpc) is 2.52. The normalized spacial score (nSPS) is 20.7. The summed E-state index contributed by atoms with van der Waals surface area (Å²) >= 11 is 0. The van der Waals surface area contributed by atoms with Gasteiger partial charge < -0.3 is 16.0 Å². The number of carbonyl (C=O) groups excluding carboxylic acids is 1. The Balaban J connectivity index is 0.00000220. The molecule has 2 aliphatic rings. The van der Waals surface area contributed by atoms with Gasteiger partial charge in [-0.3, -0.25) is 4.79 Å². The zero-order chi connectivity index (χ0) is 14.2. The topological polar surface area (TPSA) is 58.4 Å². The first kappa shape index (κ1) is 22.0. The van der Waals surface area contributed by atoms with E-state index in [1.54, 1.807) is 0 Å². The molecule has 0 aromatic heterocycles. The number of nitrogens with one attached hydrogen (secondary N) is 1. The third-order valence-corrected chi connectivity index (χ3v) is 4.77. The molecule has 1 heterocycles. The van der Waals surface area contributed by atoms with Crippen molar-refractivity contribution in [3.63, 3.8) is 0 Å². The molecule has 1 saturated heterocycles. The van der Waals surface area contributed by atoms with Crippen molar-refractivity contribution in [1.29, 1.82) is 0 Å². The molecule has 0 aromatic rings. The van der Waals surface area contributed by atoms with E-state index in [1.165, 1.54) is 38.5 Å². The van der Waals surface area contributed by atoms with Gasteiger partial charge in [-0.2, -0.15) is 0 Å². The lowest BCUT2D eigenvalue weighted by atomic mass is 9.89. The van der Waals surface area contributed by atoms with Gasteiger partial charge in [0.15, 0.2) is 0 Å². The van der Waals surface area contributed by atoms with Crippen molar-refractivity contribution in [3.8, 4) is 0 Å². The minimum absolute atomic E-state index is 0. The lowest BCUT2D eigenvalue weighted by molar-refractivity contribution is -0.133. The molecule has 0 bridgehead atoms. The van der Waals surface area contributed by atoms with Crippen molar-refractivity contribution in [2.24, 2.45) is 11.7 Å². The summed E-state index contributed by atoms with van der Waals surface area (Å²) in [6.07, 6.45) is 11.2. The number of likely N-dealkylation sites (tertiary alicyclic amines) is 1. The molecule has 0 aromatic carbocycles. The summed E-state index contributed by atoms with van der Waals surface area (Å²) in [4.78, 5) is 14.1. The van der Waals surface area contributed by atoms with Gasteiger partial charge in [-0.05, 0) is 57.5 Å². The van der Waals surface area contributed by atoms with Gasteiger partial charge in [0.05, 0.1) is 6.04 Å². The minimum atomic E-state index is -0.313. The Morgan fingerprint density at radius 2 is 1.64 bits per heavy atom. The van der Waals surface area contributed by atoms with Crippen molar-refractivity contribution in [1.82, 2.24) is 10.2 Å². The Bertz CT molecular complexity index is 293. The van der Waals surface area contributed by atoms with Crippen LogP contribution in [0.15, 0.2) is 0 Å². The van der Waals surface area contributed by atoms with E-state index in [0.717, 1.165) is 51.4 Å². The van der Waals surface area contributed by atoms with Gasteiger partial charge in [0, 0.05) is 13.1 Å². The summed E-state index contributed by atoms with van der Waals surface area (Å²) < 4.78 is 0. The molecular formula is C16H33Cl2N3O. The van der Waals surface area contributed by atoms with E-state index in [4.69, 9.17) is 5.73 Å². The fourth-order valence-corrected chi connectivity index (χ4v) is 3.43. The molecule has 6 heteroatoms. The highest BCUT2D eigenvalue weighted by atomic mass is 35.5. The van der Waals surface area contributed by atoms with E-state index < -0.39 is 0 Å². The molecule has 1 unspecified atom stereocenters. The molecule has 1 aliphatic carbocycles. The molecule has 1 aliphatic heterocycles. The fourth-order valence-electron chi connectivity index (χ4n) is 3.43. The van der Waals surface area contributed by atoms with E-state index in [0.29, 0.717) is 0 Å². The summed E-state index contributed by atoms with van der Waals surface area (Å²) in [6, 6.07) is -0.313. The standard InChI is InChI=1S/C16H31N3O.2ClH/c17-15(16(20)19-11-5-2-6-12-19)9-10-18-13-14-7-3-1-4-8-14;;/h14-15,18H,1-13,17H2;2*1H. The summed E-state index contributed by atoms with van der Waals surface area (Å²) in [6.45, 7) is 3.78. The van der Waals surface area contributed by atoms with E-state index in [2.05, 4.69) is 5.32 Å². The smallest absolute Gasteiger partial charge is 0.239 e. The molecule has 2 rings (SSSR count). The Kier molecular flexibility index (Phi) is 12.4. The summed E-state index contributed by atoms with van der Waals surface area (Å²) in [7, 11) is 0. The molecule has 22 heavy (non-hydrogen) atoms. The maximum absolute atomic E-state index is 12.2. The SMILES string of the molecule is Cl.Cl.NC(CCNCC1CCCCC1)C(=O)N1CCCCC1. The molecular weight excluding hydrogens is 321 g/mol. The van der Waals surface area contributed by atoms with Gasteiger partial charge in [-0.25, -0.2) is 0 Å². The molecule has 3 N–H and O–H groups in total. The first-order chi connectivity index (χ1) is 9.77. The van der Waals surface area contributed by atoms with Crippen molar-refractivity contribution in [3.05, 3.63) is 0 Å². The number of halogens is 2. The van der Waals surface area contributed by atoms with Gasteiger partial charge in [-0.15, -0.1) is 24.8 Å². The van der Waals surface area contributed by atoms with E-state index in [9.17, 15) is 4.79 Å². The Labute approximate surface area is 147 Å². The number of nitrogens with two attached hydrogens (primary N) is 1. The second-order valence-corrected chi connectivity index (χ2v) is 6.49. The highest BCUT2D eigenvalue weighted by molar-refractivity contribution is 5.85. The minimum Gasteiger partial charge on any atom is -0.341 e. The largest absolute Gasteiger partial charge is 0.341 e. The van der Waals surface area contributed by atoms with Crippen molar-refractivity contribution >= 4 is 30.7 Å². The maximum atomic E-state index is 12.2. The van der Waals surface area contributed by atoms with Crippen molar-refractivity contribution < 1.29 is 4.79 Å². The third kappa shape index (κ3) is 7.49. The lowest BCUT2D eigenvalue weighted by Crippen LogP contribution is -2.47. The summed E-state index contributed by atoms with van der Waals surface area (Å²) in [5.41, 5.74) is 6.04. The molecule has 4 nitrogen and oxygen atoms in total. The van der Waals surface area contributed by atoms with Gasteiger partial charge in [0.1, 0.15) is 0 Å². The van der Waals surface area contributed by atoms with Gasteiger partial charge in [0.25, 0.3) is 0 Å². The molecule has 1 amide bonds. The van der Waals surface area contributed by atoms with Crippen LogP contribution in [0.1, 0.15) is 57.8 Å². The Hall–Kier alpha value is -0.0300. The van der Waals surface area contributed by atoms with Crippen LogP contribution in [0.2, 0.25) is 0 Å². The van der Waals surface area contributed by atoms with Crippen LogP contribution in [-0.4, -0.2) is 43.0 Å². The second kappa shape index (κ2) is 12.4. The van der Waals surface area contributed by atoms with Crippen LogP contribution in [0.4, 0.5) is 0 Å². The first-order valence-electron chi connectivity index (χ1n) is 8.52. The predicted molar refractivity (Wildman–Crippen MR) is 97.0 cm³/mol. The van der Waals surface area contributed by atoms with Crippen molar-refractivity contribution in [2.45, 2.75) is 63.8 Å². The number of nitrogens with zero attached hydrogens (tertiary/aromatic N) is 1.